The molecule has 2 aromatic rings. The van der Waals surface area contributed by atoms with Gasteiger partial charge in [-0.1, -0.05) is 30.3 Å². The molecule has 2 aliphatic rings. The van der Waals surface area contributed by atoms with Gasteiger partial charge >= 0.3 is 0 Å². The van der Waals surface area contributed by atoms with Gasteiger partial charge in [0.25, 0.3) is 0 Å². The van der Waals surface area contributed by atoms with Crippen LogP contribution in [0.25, 0.3) is 0 Å². The maximum Gasteiger partial charge on any atom is 0.242 e. The molecule has 1 unspecified atom stereocenters. The number of amides is 2. The lowest BCUT2D eigenvalue weighted by molar-refractivity contribution is -0.142. The molecule has 6 nitrogen and oxygen atoms in total. The van der Waals surface area contributed by atoms with Gasteiger partial charge in [0, 0.05) is 50.2 Å². The Morgan fingerprint density at radius 1 is 1.29 bits per heavy atom. The second-order valence-corrected chi connectivity index (χ2v) is 8.54. The van der Waals surface area contributed by atoms with Crippen molar-refractivity contribution in [1.29, 1.82) is 0 Å². The number of thiazole rings is 1. The standard InChI is InChI=1S/C21H26N4O2S/c1-15-19(26)22-8-5-10-25(15)21(27)18-14-24(12-16-6-3-2-4-7-16)13-17(18)20-23-9-11-28-20/h2-4,6-7,9,11,15,17-18H,5,8,10,12-14H2,1H3,(H,22,26)/t15?,17-,18-/m1/s1. The number of hydrogen-bond donors (Lipinski definition) is 1. The molecule has 2 amide bonds. The number of likely N-dealkylation sites (tertiary alicyclic amines) is 1. The van der Waals surface area contributed by atoms with Gasteiger partial charge in [0.05, 0.1) is 10.9 Å². The fourth-order valence-electron chi connectivity index (χ4n) is 4.23. The van der Waals surface area contributed by atoms with E-state index in [-0.39, 0.29) is 23.7 Å². The molecule has 148 valence electrons. The van der Waals surface area contributed by atoms with Gasteiger partial charge in [0.2, 0.25) is 11.8 Å². The zero-order valence-electron chi connectivity index (χ0n) is 16.1. The van der Waals surface area contributed by atoms with Crippen molar-refractivity contribution in [3.63, 3.8) is 0 Å². The SMILES string of the molecule is CC1C(=O)NCCCN1C(=O)[C@@H]1CN(Cc2ccccc2)C[C@H]1c1nccs1. The Morgan fingerprint density at radius 2 is 2.11 bits per heavy atom. The van der Waals surface area contributed by atoms with Crippen molar-refractivity contribution >= 4 is 23.2 Å². The van der Waals surface area contributed by atoms with Crippen LogP contribution in [0.2, 0.25) is 0 Å². The van der Waals surface area contributed by atoms with Gasteiger partial charge in [0.1, 0.15) is 6.04 Å². The van der Waals surface area contributed by atoms with Crippen molar-refractivity contribution in [3.8, 4) is 0 Å². The van der Waals surface area contributed by atoms with E-state index in [1.165, 1.54) is 5.56 Å². The minimum Gasteiger partial charge on any atom is -0.354 e. The molecule has 2 aliphatic heterocycles. The van der Waals surface area contributed by atoms with E-state index in [1.807, 2.05) is 36.7 Å². The molecule has 3 heterocycles. The Kier molecular flexibility index (Phi) is 5.73. The first-order valence-corrected chi connectivity index (χ1v) is 10.8. The third-order valence-corrected chi connectivity index (χ3v) is 6.64. The van der Waals surface area contributed by atoms with Crippen molar-refractivity contribution in [2.24, 2.45) is 5.92 Å². The molecular weight excluding hydrogens is 372 g/mol. The lowest BCUT2D eigenvalue weighted by Crippen LogP contribution is -2.48. The summed E-state index contributed by atoms with van der Waals surface area (Å²) in [6.07, 6.45) is 2.60. The van der Waals surface area contributed by atoms with Gasteiger partial charge in [-0.05, 0) is 18.9 Å². The zero-order valence-corrected chi connectivity index (χ0v) is 16.9. The molecule has 0 aliphatic carbocycles. The first-order chi connectivity index (χ1) is 13.6. The molecule has 1 aromatic heterocycles. The number of benzene rings is 1. The van der Waals surface area contributed by atoms with Crippen molar-refractivity contribution in [2.45, 2.75) is 31.8 Å². The van der Waals surface area contributed by atoms with E-state index in [9.17, 15) is 9.59 Å². The summed E-state index contributed by atoms with van der Waals surface area (Å²) in [5.41, 5.74) is 1.25. The molecular formula is C21H26N4O2S. The quantitative estimate of drug-likeness (QED) is 0.857. The molecule has 0 bridgehead atoms. The van der Waals surface area contributed by atoms with Crippen molar-refractivity contribution in [3.05, 3.63) is 52.5 Å². The molecule has 1 aromatic carbocycles. The zero-order chi connectivity index (χ0) is 19.5. The van der Waals surface area contributed by atoms with Crippen LogP contribution in [-0.4, -0.2) is 58.8 Å². The van der Waals surface area contributed by atoms with E-state index >= 15 is 0 Å². The van der Waals surface area contributed by atoms with Crippen LogP contribution in [0, 0.1) is 5.92 Å². The van der Waals surface area contributed by atoms with Crippen LogP contribution < -0.4 is 5.32 Å². The maximum atomic E-state index is 13.5. The highest BCUT2D eigenvalue weighted by molar-refractivity contribution is 7.09. The van der Waals surface area contributed by atoms with Gasteiger partial charge in [0.15, 0.2) is 0 Å². The summed E-state index contributed by atoms with van der Waals surface area (Å²) in [4.78, 5) is 34.4. The number of nitrogens with one attached hydrogen (secondary N) is 1. The molecule has 2 fully saturated rings. The van der Waals surface area contributed by atoms with Crippen LogP contribution in [0.15, 0.2) is 41.9 Å². The number of hydrogen-bond acceptors (Lipinski definition) is 5. The van der Waals surface area contributed by atoms with Crippen LogP contribution in [0.5, 0.6) is 0 Å². The smallest absolute Gasteiger partial charge is 0.242 e. The van der Waals surface area contributed by atoms with Crippen LogP contribution in [0.4, 0.5) is 0 Å². The third kappa shape index (κ3) is 3.95. The lowest BCUT2D eigenvalue weighted by Gasteiger charge is -2.29. The first kappa shape index (κ1) is 19.1. The summed E-state index contributed by atoms with van der Waals surface area (Å²) >= 11 is 1.61. The molecule has 2 saturated heterocycles. The molecule has 0 saturated carbocycles. The van der Waals surface area contributed by atoms with Crippen LogP contribution in [-0.2, 0) is 16.1 Å². The Hall–Kier alpha value is -2.25. The summed E-state index contributed by atoms with van der Waals surface area (Å²) < 4.78 is 0. The van der Waals surface area contributed by atoms with Gasteiger partial charge in [-0.3, -0.25) is 14.5 Å². The number of carbonyl (C=O) groups is 2. The Balaban J connectivity index is 1.55. The summed E-state index contributed by atoms with van der Waals surface area (Å²) in [5, 5.41) is 5.88. The van der Waals surface area contributed by atoms with Crippen molar-refractivity contribution < 1.29 is 9.59 Å². The second-order valence-electron chi connectivity index (χ2n) is 7.62. The minimum atomic E-state index is -0.421. The van der Waals surface area contributed by atoms with Gasteiger partial charge in [-0.15, -0.1) is 11.3 Å². The molecule has 4 rings (SSSR count). The largest absolute Gasteiger partial charge is 0.354 e. The minimum absolute atomic E-state index is 0.0595. The number of aromatic nitrogens is 1. The van der Waals surface area contributed by atoms with Crippen LogP contribution in [0.1, 0.15) is 29.8 Å². The number of carbonyl (C=O) groups excluding carboxylic acids is 2. The second kappa shape index (κ2) is 8.41. The van der Waals surface area contributed by atoms with Crippen molar-refractivity contribution in [2.75, 3.05) is 26.2 Å². The molecule has 7 heteroatoms. The summed E-state index contributed by atoms with van der Waals surface area (Å²) in [7, 11) is 0. The summed E-state index contributed by atoms with van der Waals surface area (Å²) in [5.74, 6) is -0.0611. The summed E-state index contributed by atoms with van der Waals surface area (Å²) in [6.45, 7) is 5.42. The lowest BCUT2D eigenvalue weighted by atomic mass is 9.94. The Labute approximate surface area is 169 Å². The topological polar surface area (TPSA) is 65.5 Å². The highest BCUT2D eigenvalue weighted by Crippen LogP contribution is 2.36. The van der Waals surface area contributed by atoms with E-state index in [0.29, 0.717) is 19.6 Å². The monoisotopic (exact) mass is 398 g/mol. The molecule has 1 N–H and O–H groups in total. The van der Waals surface area contributed by atoms with E-state index < -0.39 is 6.04 Å². The van der Waals surface area contributed by atoms with Gasteiger partial charge in [-0.25, -0.2) is 4.98 Å². The summed E-state index contributed by atoms with van der Waals surface area (Å²) in [6, 6.07) is 9.93. The van der Waals surface area contributed by atoms with E-state index in [4.69, 9.17) is 0 Å². The Bertz CT molecular complexity index is 811. The van der Waals surface area contributed by atoms with Crippen LogP contribution >= 0.6 is 11.3 Å². The normalized spacial score (nSPS) is 26.1. The average molecular weight is 399 g/mol. The molecule has 3 atom stereocenters. The molecule has 0 spiro atoms. The molecule has 0 radical (unpaired) electrons. The average Bonchev–Trinajstić information content (AvgIpc) is 3.34. The number of nitrogens with zero attached hydrogens (tertiary/aromatic N) is 3. The van der Waals surface area contributed by atoms with E-state index in [1.54, 1.807) is 16.2 Å². The first-order valence-electron chi connectivity index (χ1n) is 9.87. The maximum absolute atomic E-state index is 13.5. The highest BCUT2D eigenvalue weighted by Gasteiger charge is 2.43. The molecule has 28 heavy (non-hydrogen) atoms. The highest BCUT2D eigenvalue weighted by atomic mass is 32.1. The Morgan fingerprint density at radius 3 is 2.86 bits per heavy atom. The predicted octanol–water partition coefficient (Wildman–Crippen LogP) is 2.10. The van der Waals surface area contributed by atoms with Gasteiger partial charge < -0.3 is 10.2 Å². The van der Waals surface area contributed by atoms with Gasteiger partial charge in [-0.2, -0.15) is 0 Å². The van der Waals surface area contributed by atoms with Crippen molar-refractivity contribution in [1.82, 2.24) is 20.1 Å². The van der Waals surface area contributed by atoms with E-state index in [0.717, 1.165) is 24.5 Å². The number of rotatable bonds is 4. The van der Waals surface area contributed by atoms with E-state index in [2.05, 4.69) is 27.3 Å². The fourth-order valence-corrected chi connectivity index (χ4v) is 5.03. The predicted molar refractivity (Wildman–Crippen MR) is 109 cm³/mol. The third-order valence-electron chi connectivity index (χ3n) is 5.74. The fraction of sp³-hybridized carbons (Fsp3) is 0.476. The van der Waals surface area contributed by atoms with Crippen LogP contribution in [0.3, 0.4) is 0 Å².